The lowest BCUT2D eigenvalue weighted by molar-refractivity contribution is 0.257. The number of nitrogens with zero attached hydrogens (tertiary/aromatic N) is 1. The van der Waals surface area contributed by atoms with Crippen LogP contribution in [0.15, 0.2) is 23.1 Å². The Morgan fingerprint density at radius 2 is 2.00 bits per heavy atom. The number of benzene rings is 1. The Labute approximate surface area is 125 Å². The second-order valence-electron chi connectivity index (χ2n) is 5.24. The zero-order valence-corrected chi connectivity index (χ0v) is 13.5. The van der Waals surface area contributed by atoms with Crippen LogP contribution in [-0.2, 0) is 10.0 Å². The summed E-state index contributed by atoms with van der Waals surface area (Å²) >= 11 is 0. The van der Waals surface area contributed by atoms with Crippen LogP contribution < -0.4 is 0 Å². The Balaban J connectivity index is 3.45. The van der Waals surface area contributed by atoms with Gasteiger partial charge in [-0.3, -0.25) is 0 Å². The Bertz CT molecular complexity index is 672. The molecule has 0 atom stereocenters. The lowest BCUT2D eigenvalue weighted by Crippen LogP contribution is -2.44. The largest absolute Gasteiger partial charge is 0.384 e. The highest BCUT2D eigenvalue weighted by molar-refractivity contribution is 7.89. The van der Waals surface area contributed by atoms with E-state index in [1.807, 2.05) is 20.8 Å². The number of sulfonamides is 1. The first-order valence-electron chi connectivity index (χ1n) is 6.55. The number of hydrogen-bond donors (Lipinski definition) is 1. The first-order valence-corrected chi connectivity index (χ1v) is 7.99. The van der Waals surface area contributed by atoms with E-state index < -0.39 is 28.0 Å². The fraction of sp³-hybridized carbons (Fsp3) is 0.467. The molecular weight excluding hydrogens is 293 g/mol. The second kappa shape index (κ2) is 6.56. The van der Waals surface area contributed by atoms with Gasteiger partial charge >= 0.3 is 0 Å². The number of halogens is 1. The zero-order chi connectivity index (χ0) is 16.3. The predicted octanol–water partition coefficient (Wildman–Crippen LogP) is 1.98. The van der Waals surface area contributed by atoms with Gasteiger partial charge in [0.1, 0.15) is 12.4 Å². The van der Waals surface area contributed by atoms with Crippen molar-refractivity contribution in [1.29, 1.82) is 0 Å². The van der Waals surface area contributed by atoms with Crippen LogP contribution in [0.3, 0.4) is 0 Å². The van der Waals surface area contributed by atoms with Crippen LogP contribution in [-0.4, -0.2) is 37.0 Å². The maximum Gasteiger partial charge on any atom is 0.244 e. The standard InChI is InChI=1S/C15H20FNO3S/c1-5-15(2,3)17(4)21(19,20)14-9-8-13(16)11-12(14)7-6-10-18/h8-9,11,18H,5,10H2,1-4H3. The fourth-order valence-electron chi connectivity index (χ4n) is 1.66. The molecule has 0 aromatic heterocycles. The summed E-state index contributed by atoms with van der Waals surface area (Å²) in [5.41, 5.74) is -0.530. The van der Waals surface area contributed by atoms with Gasteiger partial charge in [0.15, 0.2) is 0 Å². The lowest BCUT2D eigenvalue weighted by Gasteiger charge is -2.33. The number of hydrogen-bond acceptors (Lipinski definition) is 3. The van der Waals surface area contributed by atoms with Crippen molar-refractivity contribution in [2.24, 2.45) is 0 Å². The highest BCUT2D eigenvalue weighted by atomic mass is 32.2. The molecule has 21 heavy (non-hydrogen) atoms. The van der Waals surface area contributed by atoms with Gasteiger partial charge in [-0.15, -0.1) is 0 Å². The van der Waals surface area contributed by atoms with Crippen molar-refractivity contribution in [3.8, 4) is 11.8 Å². The molecule has 116 valence electrons. The molecule has 1 aromatic carbocycles. The SMILES string of the molecule is CCC(C)(C)N(C)S(=O)(=O)c1ccc(F)cc1C#CCO. The van der Waals surface area contributed by atoms with Crippen LogP contribution in [0, 0.1) is 17.7 Å². The second-order valence-corrected chi connectivity index (χ2v) is 7.18. The summed E-state index contributed by atoms with van der Waals surface area (Å²) in [7, 11) is -2.31. The molecule has 0 amide bonds. The molecule has 0 unspecified atom stereocenters. The monoisotopic (exact) mass is 313 g/mol. The average Bonchev–Trinajstić information content (AvgIpc) is 2.43. The molecule has 1 aromatic rings. The smallest absolute Gasteiger partial charge is 0.244 e. The summed E-state index contributed by atoms with van der Waals surface area (Å²) in [5.74, 6) is 4.26. The van der Waals surface area contributed by atoms with Crippen LogP contribution in [0.1, 0.15) is 32.8 Å². The summed E-state index contributed by atoms with van der Waals surface area (Å²) in [6.07, 6.45) is 0.627. The molecule has 0 spiro atoms. The van der Waals surface area contributed by atoms with E-state index in [0.717, 1.165) is 12.1 Å². The molecule has 0 radical (unpaired) electrons. The fourth-order valence-corrected chi connectivity index (χ4v) is 3.36. The van der Waals surface area contributed by atoms with Crippen LogP contribution in [0.4, 0.5) is 4.39 Å². The van der Waals surface area contributed by atoms with Crippen LogP contribution >= 0.6 is 0 Å². The van der Waals surface area contributed by atoms with E-state index in [1.165, 1.54) is 17.4 Å². The van der Waals surface area contributed by atoms with E-state index >= 15 is 0 Å². The first-order chi connectivity index (χ1) is 9.66. The van der Waals surface area contributed by atoms with Crippen molar-refractivity contribution in [3.05, 3.63) is 29.6 Å². The van der Waals surface area contributed by atoms with Gasteiger partial charge < -0.3 is 5.11 Å². The van der Waals surface area contributed by atoms with E-state index in [-0.39, 0.29) is 10.5 Å². The summed E-state index contributed by atoms with van der Waals surface area (Å²) in [5, 5.41) is 8.74. The molecule has 1 N–H and O–H groups in total. The third kappa shape index (κ3) is 3.82. The van der Waals surface area contributed by atoms with Crippen LogP contribution in [0.2, 0.25) is 0 Å². The quantitative estimate of drug-likeness (QED) is 0.865. The Morgan fingerprint density at radius 1 is 1.38 bits per heavy atom. The Kier molecular flexibility index (Phi) is 5.51. The molecular formula is C15H20FNO3S. The number of aliphatic hydroxyl groups is 1. The van der Waals surface area contributed by atoms with Crippen molar-refractivity contribution >= 4 is 10.0 Å². The molecule has 0 aliphatic carbocycles. The van der Waals surface area contributed by atoms with Crippen molar-refractivity contribution in [2.45, 2.75) is 37.6 Å². The maximum atomic E-state index is 13.3. The zero-order valence-electron chi connectivity index (χ0n) is 12.6. The predicted molar refractivity (Wildman–Crippen MR) is 79.7 cm³/mol. The van der Waals surface area contributed by atoms with E-state index in [0.29, 0.717) is 6.42 Å². The summed E-state index contributed by atoms with van der Waals surface area (Å²) in [6.45, 7) is 5.09. The van der Waals surface area contributed by atoms with Gasteiger partial charge in [0.05, 0.1) is 4.90 Å². The highest BCUT2D eigenvalue weighted by Crippen LogP contribution is 2.27. The van der Waals surface area contributed by atoms with Gasteiger partial charge in [0.25, 0.3) is 0 Å². The van der Waals surface area contributed by atoms with E-state index in [1.54, 1.807) is 0 Å². The molecule has 0 aliphatic heterocycles. The first kappa shape index (κ1) is 17.6. The molecule has 6 heteroatoms. The minimum Gasteiger partial charge on any atom is -0.384 e. The number of aliphatic hydroxyl groups excluding tert-OH is 1. The van der Waals surface area contributed by atoms with Crippen molar-refractivity contribution in [2.75, 3.05) is 13.7 Å². The Hall–Kier alpha value is -1.42. The van der Waals surface area contributed by atoms with E-state index in [9.17, 15) is 12.8 Å². The summed E-state index contributed by atoms with van der Waals surface area (Å²) in [4.78, 5) is -0.0612. The van der Waals surface area contributed by atoms with Gasteiger partial charge in [-0.1, -0.05) is 18.8 Å². The van der Waals surface area contributed by atoms with Crippen molar-refractivity contribution in [3.63, 3.8) is 0 Å². The van der Waals surface area contributed by atoms with E-state index in [2.05, 4.69) is 11.8 Å². The molecule has 1 rings (SSSR count). The topological polar surface area (TPSA) is 57.6 Å². The maximum absolute atomic E-state index is 13.3. The normalized spacial score (nSPS) is 12.1. The van der Waals surface area contributed by atoms with Gasteiger partial charge in [-0.05, 0) is 38.5 Å². The van der Waals surface area contributed by atoms with Crippen molar-refractivity contribution in [1.82, 2.24) is 4.31 Å². The van der Waals surface area contributed by atoms with E-state index in [4.69, 9.17) is 5.11 Å². The highest BCUT2D eigenvalue weighted by Gasteiger charge is 2.33. The third-order valence-electron chi connectivity index (χ3n) is 3.60. The van der Waals surface area contributed by atoms with Gasteiger partial charge in [0.2, 0.25) is 10.0 Å². The van der Waals surface area contributed by atoms with Crippen LogP contribution in [0.25, 0.3) is 0 Å². The van der Waals surface area contributed by atoms with Crippen molar-refractivity contribution < 1.29 is 17.9 Å². The Morgan fingerprint density at radius 3 is 2.52 bits per heavy atom. The summed E-state index contributed by atoms with van der Waals surface area (Å²) < 4.78 is 40.0. The molecule has 0 heterocycles. The molecule has 0 fully saturated rings. The molecule has 0 saturated carbocycles. The van der Waals surface area contributed by atoms with Gasteiger partial charge in [-0.2, -0.15) is 4.31 Å². The molecule has 0 saturated heterocycles. The minimum absolute atomic E-state index is 0.0443. The summed E-state index contributed by atoms with van der Waals surface area (Å²) in [6, 6.07) is 3.35. The lowest BCUT2D eigenvalue weighted by atomic mass is 10.0. The molecule has 0 aliphatic rings. The minimum atomic E-state index is -3.80. The van der Waals surface area contributed by atoms with Gasteiger partial charge in [-0.25, -0.2) is 12.8 Å². The molecule has 4 nitrogen and oxygen atoms in total. The van der Waals surface area contributed by atoms with Crippen LogP contribution in [0.5, 0.6) is 0 Å². The average molecular weight is 313 g/mol. The molecule has 0 bridgehead atoms. The van der Waals surface area contributed by atoms with Gasteiger partial charge in [0, 0.05) is 18.2 Å². The number of rotatable bonds is 4. The third-order valence-corrected chi connectivity index (χ3v) is 5.73.